The second-order valence-electron chi connectivity index (χ2n) is 4.61. The molecule has 5 nitrogen and oxygen atoms in total. The van der Waals surface area contributed by atoms with Crippen LogP contribution < -0.4 is 10.6 Å². The standard InChI is InChI=1S/C12H18N4O/c1-8-7-9(2)15-12(14-8)16-5-3-10(4-6-16)11(13)17/h7,10H,3-6H2,1-2H3,(H2,13,17). The quantitative estimate of drug-likeness (QED) is 0.821. The minimum absolute atomic E-state index is 0.0113. The van der Waals surface area contributed by atoms with Crippen molar-refractivity contribution in [3.8, 4) is 0 Å². The summed E-state index contributed by atoms with van der Waals surface area (Å²) in [5.41, 5.74) is 7.26. The van der Waals surface area contributed by atoms with Crippen molar-refractivity contribution in [3.05, 3.63) is 17.5 Å². The first-order valence-corrected chi connectivity index (χ1v) is 5.93. The number of nitrogens with two attached hydrogens (primary N) is 1. The Labute approximate surface area is 101 Å². The number of aryl methyl sites for hydroxylation is 2. The summed E-state index contributed by atoms with van der Waals surface area (Å²) in [6.45, 7) is 5.54. The van der Waals surface area contributed by atoms with Gasteiger partial charge in [-0.25, -0.2) is 9.97 Å². The SMILES string of the molecule is Cc1cc(C)nc(N2CCC(C(N)=O)CC2)n1. The zero-order valence-electron chi connectivity index (χ0n) is 10.3. The average molecular weight is 234 g/mol. The molecule has 0 bridgehead atoms. The zero-order valence-corrected chi connectivity index (χ0v) is 10.3. The number of hydrogen-bond donors (Lipinski definition) is 1. The molecule has 1 aromatic heterocycles. The Hall–Kier alpha value is -1.65. The molecule has 1 aliphatic heterocycles. The van der Waals surface area contributed by atoms with Gasteiger partial charge in [0.1, 0.15) is 0 Å². The van der Waals surface area contributed by atoms with Crippen molar-refractivity contribution in [2.24, 2.45) is 11.7 Å². The Morgan fingerprint density at radius 2 is 1.82 bits per heavy atom. The molecule has 1 saturated heterocycles. The molecular formula is C12H18N4O. The summed E-state index contributed by atoms with van der Waals surface area (Å²) < 4.78 is 0. The average Bonchev–Trinajstić information content (AvgIpc) is 2.28. The van der Waals surface area contributed by atoms with Gasteiger partial charge in [0.15, 0.2) is 0 Å². The van der Waals surface area contributed by atoms with Crippen molar-refractivity contribution in [3.63, 3.8) is 0 Å². The summed E-state index contributed by atoms with van der Waals surface area (Å²) in [7, 11) is 0. The van der Waals surface area contributed by atoms with E-state index in [4.69, 9.17) is 5.73 Å². The van der Waals surface area contributed by atoms with Crippen molar-refractivity contribution < 1.29 is 4.79 Å². The monoisotopic (exact) mass is 234 g/mol. The van der Waals surface area contributed by atoms with Crippen LogP contribution in [0.2, 0.25) is 0 Å². The summed E-state index contributed by atoms with van der Waals surface area (Å²) in [6, 6.07) is 1.96. The summed E-state index contributed by atoms with van der Waals surface area (Å²) in [4.78, 5) is 22.1. The third kappa shape index (κ3) is 2.72. The lowest BCUT2D eigenvalue weighted by molar-refractivity contribution is -0.122. The van der Waals surface area contributed by atoms with Gasteiger partial charge in [0.2, 0.25) is 11.9 Å². The van der Waals surface area contributed by atoms with Crippen molar-refractivity contribution in [2.45, 2.75) is 26.7 Å². The third-order valence-electron chi connectivity index (χ3n) is 3.15. The molecule has 1 fully saturated rings. The fourth-order valence-corrected chi connectivity index (χ4v) is 2.21. The fourth-order valence-electron chi connectivity index (χ4n) is 2.21. The molecule has 2 N–H and O–H groups in total. The Bertz CT molecular complexity index is 404. The van der Waals surface area contributed by atoms with Crippen LogP contribution in [-0.2, 0) is 4.79 Å². The summed E-state index contributed by atoms with van der Waals surface area (Å²) in [6.07, 6.45) is 1.59. The maximum Gasteiger partial charge on any atom is 0.225 e. The molecule has 0 saturated carbocycles. The molecule has 0 radical (unpaired) electrons. The number of nitrogens with zero attached hydrogens (tertiary/aromatic N) is 3. The zero-order chi connectivity index (χ0) is 12.4. The predicted molar refractivity (Wildman–Crippen MR) is 65.6 cm³/mol. The van der Waals surface area contributed by atoms with Gasteiger partial charge in [-0.1, -0.05) is 0 Å². The molecule has 1 aromatic rings. The predicted octanol–water partition coefficient (Wildman–Crippen LogP) is 0.795. The van der Waals surface area contributed by atoms with E-state index >= 15 is 0 Å². The van der Waals surface area contributed by atoms with Crippen LogP contribution in [0.25, 0.3) is 0 Å². The van der Waals surface area contributed by atoms with Gasteiger partial charge in [-0.3, -0.25) is 4.79 Å². The van der Waals surface area contributed by atoms with Crippen molar-refractivity contribution in [1.82, 2.24) is 9.97 Å². The van der Waals surface area contributed by atoms with Crippen LogP contribution in [-0.4, -0.2) is 29.0 Å². The molecular weight excluding hydrogens is 216 g/mol. The van der Waals surface area contributed by atoms with E-state index in [-0.39, 0.29) is 11.8 Å². The first kappa shape index (κ1) is 11.8. The van der Waals surface area contributed by atoms with Crippen molar-refractivity contribution >= 4 is 11.9 Å². The largest absolute Gasteiger partial charge is 0.369 e. The van der Waals surface area contributed by atoms with Crippen LogP contribution in [0.5, 0.6) is 0 Å². The highest BCUT2D eigenvalue weighted by atomic mass is 16.1. The lowest BCUT2D eigenvalue weighted by Gasteiger charge is -2.30. The van der Waals surface area contributed by atoms with Gasteiger partial charge in [0.25, 0.3) is 0 Å². The second kappa shape index (κ2) is 4.69. The summed E-state index contributed by atoms with van der Waals surface area (Å²) >= 11 is 0. The molecule has 17 heavy (non-hydrogen) atoms. The number of amides is 1. The van der Waals surface area contributed by atoms with E-state index in [9.17, 15) is 4.79 Å². The number of primary amides is 1. The molecule has 0 atom stereocenters. The van der Waals surface area contributed by atoms with Crippen molar-refractivity contribution in [1.29, 1.82) is 0 Å². The topological polar surface area (TPSA) is 72.1 Å². The maximum atomic E-state index is 11.1. The number of piperidine rings is 1. The van der Waals surface area contributed by atoms with Crippen LogP contribution in [0.3, 0.4) is 0 Å². The Balaban J connectivity index is 2.07. The van der Waals surface area contributed by atoms with Gasteiger partial charge >= 0.3 is 0 Å². The van der Waals surface area contributed by atoms with E-state index < -0.39 is 0 Å². The van der Waals surface area contributed by atoms with Crippen molar-refractivity contribution in [2.75, 3.05) is 18.0 Å². The van der Waals surface area contributed by atoms with Gasteiger partial charge in [-0.15, -0.1) is 0 Å². The number of carbonyl (C=O) groups excluding carboxylic acids is 1. The van der Waals surface area contributed by atoms with E-state index in [0.717, 1.165) is 43.3 Å². The van der Waals surface area contributed by atoms with Gasteiger partial charge in [-0.2, -0.15) is 0 Å². The number of anilines is 1. The maximum absolute atomic E-state index is 11.1. The van der Waals surface area contributed by atoms with Crippen LogP contribution in [0, 0.1) is 19.8 Å². The Morgan fingerprint density at radius 3 is 2.29 bits per heavy atom. The van der Waals surface area contributed by atoms with Crippen LogP contribution in [0.15, 0.2) is 6.07 Å². The summed E-state index contributed by atoms with van der Waals surface area (Å²) in [5, 5.41) is 0. The van der Waals surface area contributed by atoms with Gasteiger partial charge in [0.05, 0.1) is 0 Å². The lowest BCUT2D eigenvalue weighted by Crippen LogP contribution is -2.39. The molecule has 1 amide bonds. The third-order valence-corrected chi connectivity index (χ3v) is 3.15. The Morgan fingerprint density at radius 1 is 1.29 bits per heavy atom. The first-order chi connectivity index (χ1) is 8.06. The number of carbonyl (C=O) groups is 1. The lowest BCUT2D eigenvalue weighted by atomic mass is 9.96. The van der Waals surface area contributed by atoms with E-state index in [1.807, 2.05) is 19.9 Å². The number of aromatic nitrogens is 2. The smallest absolute Gasteiger partial charge is 0.225 e. The fraction of sp³-hybridized carbons (Fsp3) is 0.583. The number of hydrogen-bond acceptors (Lipinski definition) is 4. The molecule has 0 unspecified atom stereocenters. The first-order valence-electron chi connectivity index (χ1n) is 5.93. The molecule has 5 heteroatoms. The molecule has 1 aliphatic rings. The highest BCUT2D eigenvalue weighted by Gasteiger charge is 2.24. The summed E-state index contributed by atoms with van der Waals surface area (Å²) in [5.74, 6) is 0.591. The molecule has 0 aliphatic carbocycles. The normalized spacial score (nSPS) is 17.2. The molecule has 2 rings (SSSR count). The Kier molecular flexibility index (Phi) is 3.26. The van der Waals surface area contributed by atoms with Gasteiger partial charge < -0.3 is 10.6 Å². The molecule has 92 valence electrons. The van der Waals surface area contributed by atoms with Gasteiger partial charge in [0, 0.05) is 30.4 Å². The van der Waals surface area contributed by atoms with Crippen LogP contribution in [0.4, 0.5) is 5.95 Å². The number of rotatable bonds is 2. The van der Waals surface area contributed by atoms with Crippen LogP contribution in [0.1, 0.15) is 24.2 Å². The second-order valence-corrected chi connectivity index (χ2v) is 4.61. The molecule has 2 heterocycles. The molecule has 0 spiro atoms. The van der Waals surface area contributed by atoms with E-state index in [1.165, 1.54) is 0 Å². The molecule has 0 aromatic carbocycles. The van der Waals surface area contributed by atoms with Gasteiger partial charge in [-0.05, 0) is 32.8 Å². The van der Waals surface area contributed by atoms with E-state index in [2.05, 4.69) is 14.9 Å². The highest BCUT2D eigenvalue weighted by molar-refractivity contribution is 5.76. The van der Waals surface area contributed by atoms with E-state index in [1.54, 1.807) is 0 Å². The highest BCUT2D eigenvalue weighted by Crippen LogP contribution is 2.20. The van der Waals surface area contributed by atoms with Crippen LogP contribution >= 0.6 is 0 Å². The minimum atomic E-state index is -0.189. The van der Waals surface area contributed by atoms with E-state index in [0.29, 0.717) is 0 Å². The minimum Gasteiger partial charge on any atom is -0.369 e.